The highest BCUT2D eigenvalue weighted by atomic mass is 14.9. The molecule has 2 bridgehead atoms. The highest BCUT2D eigenvalue weighted by Gasteiger charge is 2.41. The Morgan fingerprint density at radius 1 is 1.33 bits per heavy atom. The number of hydrogen-bond donors (Lipinski definition) is 1. The van der Waals surface area contributed by atoms with Gasteiger partial charge in [-0.2, -0.15) is 0 Å². The fourth-order valence-electron chi connectivity index (χ4n) is 3.35. The van der Waals surface area contributed by atoms with Crippen LogP contribution in [0.2, 0.25) is 0 Å². The molecule has 3 aliphatic rings. The van der Waals surface area contributed by atoms with Gasteiger partial charge < -0.3 is 5.32 Å². The van der Waals surface area contributed by atoms with Crippen molar-refractivity contribution in [2.75, 3.05) is 6.54 Å². The van der Waals surface area contributed by atoms with Gasteiger partial charge in [0.05, 0.1) is 0 Å². The van der Waals surface area contributed by atoms with Gasteiger partial charge in [0.1, 0.15) is 0 Å². The van der Waals surface area contributed by atoms with Crippen molar-refractivity contribution < 1.29 is 0 Å². The maximum atomic E-state index is 3.78. The van der Waals surface area contributed by atoms with E-state index in [2.05, 4.69) is 31.3 Å². The van der Waals surface area contributed by atoms with E-state index in [1.807, 2.05) is 0 Å². The van der Waals surface area contributed by atoms with E-state index in [-0.39, 0.29) is 0 Å². The van der Waals surface area contributed by atoms with Crippen molar-refractivity contribution in [3.8, 4) is 0 Å². The van der Waals surface area contributed by atoms with Crippen LogP contribution in [0.5, 0.6) is 0 Å². The highest BCUT2D eigenvalue weighted by Crippen LogP contribution is 2.46. The lowest BCUT2D eigenvalue weighted by molar-refractivity contribution is 0.309. The second kappa shape index (κ2) is 3.35. The molecule has 0 amide bonds. The van der Waals surface area contributed by atoms with E-state index in [0.717, 1.165) is 23.8 Å². The highest BCUT2D eigenvalue weighted by molar-refractivity contribution is 5.11. The molecule has 1 heteroatoms. The van der Waals surface area contributed by atoms with Crippen LogP contribution in [0.25, 0.3) is 0 Å². The summed E-state index contributed by atoms with van der Waals surface area (Å²) in [4.78, 5) is 0. The van der Waals surface area contributed by atoms with Crippen molar-refractivity contribution in [3.63, 3.8) is 0 Å². The van der Waals surface area contributed by atoms with Gasteiger partial charge in [0.15, 0.2) is 0 Å². The molecule has 0 radical (unpaired) electrons. The molecule has 0 aromatic carbocycles. The predicted octanol–water partition coefficient (Wildman–Crippen LogP) is 2.98. The summed E-state index contributed by atoms with van der Waals surface area (Å²) in [5.41, 5.74) is 0.654. The molecule has 1 N–H and O–H groups in total. The van der Waals surface area contributed by atoms with E-state index in [4.69, 9.17) is 0 Å². The van der Waals surface area contributed by atoms with Gasteiger partial charge in [-0.05, 0) is 55.8 Å². The lowest BCUT2D eigenvalue weighted by Gasteiger charge is -2.27. The standard InChI is InChI=1S/C14H23N/c1-10(15-9-14(2)5-6-14)13-8-11-3-4-12(13)7-11/h3-4,10-13,15H,5-9H2,1-2H3. The monoisotopic (exact) mass is 205 g/mol. The van der Waals surface area contributed by atoms with E-state index in [1.54, 1.807) is 0 Å². The summed E-state index contributed by atoms with van der Waals surface area (Å²) in [5, 5.41) is 3.78. The van der Waals surface area contributed by atoms with Crippen molar-refractivity contribution in [2.45, 2.75) is 45.6 Å². The van der Waals surface area contributed by atoms with Crippen LogP contribution in [-0.4, -0.2) is 12.6 Å². The molecule has 15 heavy (non-hydrogen) atoms. The van der Waals surface area contributed by atoms with Gasteiger partial charge in [-0.25, -0.2) is 0 Å². The lowest BCUT2D eigenvalue weighted by atomic mass is 9.87. The van der Waals surface area contributed by atoms with Crippen molar-refractivity contribution in [3.05, 3.63) is 12.2 Å². The molecule has 3 aliphatic carbocycles. The van der Waals surface area contributed by atoms with Crippen LogP contribution in [-0.2, 0) is 0 Å². The molecule has 4 unspecified atom stereocenters. The van der Waals surface area contributed by atoms with E-state index in [1.165, 1.54) is 32.2 Å². The van der Waals surface area contributed by atoms with Gasteiger partial charge in [-0.1, -0.05) is 19.1 Å². The van der Waals surface area contributed by atoms with Crippen molar-refractivity contribution in [1.82, 2.24) is 5.32 Å². The van der Waals surface area contributed by atoms with Crippen LogP contribution in [0.1, 0.15) is 39.5 Å². The van der Waals surface area contributed by atoms with Crippen LogP contribution in [0, 0.1) is 23.2 Å². The molecule has 84 valence electrons. The Hall–Kier alpha value is -0.300. The fourth-order valence-corrected chi connectivity index (χ4v) is 3.35. The molecule has 0 spiro atoms. The first-order valence-corrected chi connectivity index (χ1v) is 6.58. The number of rotatable bonds is 4. The Balaban J connectivity index is 1.52. The molecule has 0 saturated heterocycles. The first-order valence-electron chi connectivity index (χ1n) is 6.58. The Morgan fingerprint density at radius 3 is 2.67 bits per heavy atom. The van der Waals surface area contributed by atoms with Crippen molar-refractivity contribution in [2.24, 2.45) is 23.2 Å². The van der Waals surface area contributed by atoms with Crippen molar-refractivity contribution >= 4 is 0 Å². The first kappa shape index (κ1) is 9.89. The quantitative estimate of drug-likeness (QED) is 0.696. The summed E-state index contributed by atoms with van der Waals surface area (Å²) in [6.07, 6.45) is 10.7. The second-order valence-electron chi connectivity index (χ2n) is 6.42. The molecular weight excluding hydrogens is 182 g/mol. The minimum atomic E-state index is 0.654. The normalized spacial score (nSPS) is 42.1. The molecular formula is C14H23N. The molecule has 0 aromatic heterocycles. The third kappa shape index (κ3) is 1.87. The van der Waals surface area contributed by atoms with Gasteiger partial charge in [0.2, 0.25) is 0 Å². The molecule has 0 aliphatic heterocycles. The number of fused-ring (bicyclic) bond motifs is 2. The summed E-state index contributed by atoms with van der Waals surface area (Å²) in [7, 11) is 0. The summed E-state index contributed by atoms with van der Waals surface area (Å²) in [5.74, 6) is 2.73. The summed E-state index contributed by atoms with van der Waals surface area (Å²) >= 11 is 0. The smallest absolute Gasteiger partial charge is 0.00730 e. The Kier molecular flexibility index (Phi) is 2.21. The molecule has 0 aromatic rings. The second-order valence-corrected chi connectivity index (χ2v) is 6.42. The van der Waals surface area contributed by atoms with Gasteiger partial charge in [0.25, 0.3) is 0 Å². The van der Waals surface area contributed by atoms with Crippen molar-refractivity contribution in [1.29, 1.82) is 0 Å². The van der Waals surface area contributed by atoms with Crippen LogP contribution in [0.3, 0.4) is 0 Å². The molecule has 2 fully saturated rings. The minimum absolute atomic E-state index is 0.654. The van der Waals surface area contributed by atoms with Crippen LogP contribution in [0.15, 0.2) is 12.2 Å². The topological polar surface area (TPSA) is 12.0 Å². The Labute approximate surface area is 93.3 Å². The minimum Gasteiger partial charge on any atom is -0.313 e. The lowest BCUT2D eigenvalue weighted by Crippen LogP contribution is -2.38. The van der Waals surface area contributed by atoms with Crippen LogP contribution in [0.4, 0.5) is 0 Å². The predicted molar refractivity (Wildman–Crippen MR) is 63.6 cm³/mol. The van der Waals surface area contributed by atoms with Gasteiger partial charge in [-0.3, -0.25) is 0 Å². The molecule has 4 atom stereocenters. The Morgan fingerprint density at radius 2 is 2.13 bits per heavy atom. The van der Waals surface area contributed by atoms with Crippen LogP contribution < -0.4 is 5.32 Å². The maximum absolute atomic E-state index is 3.78. The summed E-state index contributed by atoms with van der Waals surface area (Å²) in [6.45, 7) is 6.05. The third-order valence-corrected chi connectivity index (χ3v) is 4.93. The number of hydrogen-bond acceptors (Lipinski definition) is 1. The van der Waals surface area contributed by atoms with Gasteiger partial charge in [-0.15, -0.1) is 0 Å². The van der Waals surface area contributed by atoms with E-state index < -0.39 is 0 Å². The van der Waals surface area contributed by atoms with E-state index >= 15 is 0 Å². The maximum Gasteiger partial charge on any atom is 0.00730 e. The largest absolute Gasteiger partial charge is 0.313 e. The molecule has 3 rings (SSSR count). The Bertz CT molecular complexity index is 277. The first-order chi connectivity index (χ1) is 7.16. The SMILES string of the molecule is CC(NCC1(C)CC1)C1CC2C=CC1C2. The van der Waals surface area contributed by atoms with Gasteiger partial charge in [0, 0.05) is 12.6 Å². The molecule has 1 nitrogen and oxygen atoms in total. The average Bonchev–Trinajstić information content (AvgIpc) is 2.69. The number of allylic oxidation sites excluding steroid dienone is 2. The molecule has 2 saturated carbocycles. The van der Waals surface area contributed by atoms with Gasteiger partial charge >= 0.3 is 0 Å². The van der Waals surface area contributed by atoms with E-state index in [9.17, 15) is 0 Å². The summed E-state index contributed by atoms with van der Waals surface area (Å²) in [6, 6.07) is 0.724. The summed E-state index contributed by atoms with van der Waals surface area (Å²) < 4.78 is 0. The zero-order chi connectivity index (χ0) is 10.5. The zero-order valence-electron chi connectivity index (χ0n) is 10.00. The van der Waals surface area contributed by atoms with E-state index in [0.29, 0.717) is 5.41 Å². The zero-order valence-corrected chi connectivity index (χ0v) is 10.00. The molecule has 0 heterocycles. The third-order valence-electron chi connectivity index (χ3n) is 4.93. The average molecular weight is 205 g/mol. The fraction of sp³-hybridized carbons (Fsp3) is 0.857. The van der Waals surface area contributed by atoms with Crippen LogP contribution >= 0.6 is 0 Å². The number of nitrogens with one attached hydrogen (secondary N) is 1.